The molecule has 0 radical (unpaired) electrons. The van der Waals surface area contributed by atoms with Crippen molar-refractivity contribution in [2.75, 3.05) is 5.73 Å². The average molecular weight is 320 g/mol. The molecule has 2 rings (SSSR count). The molecule has 106 valence electrons. The van der Waals surface area contributed by atoms with Crippen LogP contribution in [0.4, 0.5) is 5.69 Å². The van der Waals surface area contributed by atoms with Crippen molar-refractivity contribution in [3.63, 3.8) is 0 Å². The highest BCUT2D eigenvalue weighted by Gasteiger charge is 2.13. The van der Waals surface area contributed by atoms with Gasteiger partial charge in [-0.2, -0.15) is 5.26 Å². The van der Waals surface area contributed by atoms with E-state index < -0.39 is 0 Å². The van der Waals surface area contributed by atoms with Gasteiger partial charge in [-0.15, -0.1) is 0 Å². The third-order valence-corrected chi connectivity index (χ3v) is 3.63. The van der Waals surface area contributed by atoms with Crippen molar-refractivity contribution in [2.45, 2.75) is 6.54 Å². The number of anilines is 1. The lowest BCUT2D eigenvalue weighted by Crippen LogP contribution is -2.23. The summed E-state index contributed by atoms with van der Waals surface area (Å²) < 4.78 is 0. The zero-order valence-corrected chi connectivity index (χ0v) is 12.4. The van der Waals surface area contributed by atoms with E-state index >= 15 is 0 Å². The van der Waals surface area contributed by atoms with Crippen molar-refractivity contribution in [1.29, 1.82) is 5.26 Å². The Morgan fingerprint density at radius 2 is 1.90 bits per heavy atom. The van der Waals surface area contributed by atoms with Crippen LogP contribution in [0.15, 0.2) is 36.4 Å². The lowest BCUT2D eigenvalue weighted by atomic mass is 10.1. The average Bonchev–Trinajstić information content (AvgIpc) is 2.49. The maximum Gasteiger partial charge on any atom is 0.253 e. The zero-order chi connectivity index (χ0) is 15.4. The number of nitriles is 1. The van der Waals surface area contributed by atoms with Crippen LogP contribution in [0.2, 0.25) is 10.0 Å². The van der Waals surface area contributed by atoms with E-state index in [4.69, 9.17) is 34.2 Å². The molecule has 6 heteroatoms. The SMILES string of the molecule is N#Cc1ccc(CNC(=O)c2cc(N)cc(Cl)c2Cl)cc1. The first-order valence-corrected chi connectivity index (χ1v) is 6.78. The van der Waals surface area contributed by atoms with E-state index in [1.165, 1.54) is 12.1 Å². The Labute approximate surface area is 132 Å². The standard InChI is InChI=1S/C15H11Cl2N3O/c16-13-6-11(19)5-12(14(13)17)15(21)20-8-10-3-1-9(7-18)2-4-10/h1-6H,8,19H2,(H,20,21). The number of hydrogen-bond donors (Lipinski definition) is 2. The van der Waals surface area contributed by atoms with Gasteiger partial charge in [0.2, 0.25) is 0 Å². The number of halogens is 2. The molecule has 0 saturated heterocycles. The maximum atomic E-state index is 12.1. The molecule has 0 unspecified atom stereocenters. The van der Waals surface area contributed by atoms with Crippen molar-refractivity contribution < 1.29 is 4.79 Å². The van der Waals surface area contributed by atoms with Crippen molar-refractivity contribution in [2.24, 2.45) is 0 Å². The molecular weight excluding hydrogens is 309 g/mol. The van der Waals surface area contributed by atoms with Gasteiger partial charge in [-0.3, -0.25) is 4.79 Å². The van der Waals surface area contributed by atoms with Gasteiger partial charge in [0.05, 0.1) is 27.2 Å². The summed E-state index contributed by atoms with van der Waals surface area (Å²) in [7, 11) is 0. The van der Waals surface area contributed by atoms with Gasteiger partial charge in [0, 0.05) is 12.2 Å². The van der Waals surface area contributed by atoms with Crippen LogP contribution in [-0.4, -0.2) is 5.91 Å². The van der Waals surface area contributed by atoms with Gasteiger partial charge in [-0.05, 0) is 29.8 Å². The van der Waals surface area contributed by atoms with Gasteiger partial charge in [0.1, 0.15) is 0 Å². The van der Waals surface area contributed by atoms with E-state index in [0.717, 1.165) is 5.56 Å². The van der Waals surface area contributed by atoms with Crippen LogP contribution in [0.5, 0.6) is 0 Å². The molecule has 0 aliphatic rings. The smallest absolute Gasteiger partial charge is 0.253 e. The number of amides is 1. The van der Waals surface area contributed by atoms with Crippen LogP contribution >= 0.6 is 23.2 Å². The molecule has 21 heavy (non-hydrogen) atoms. The monoisotopic (exact) mass is 319 g/mol. The van der Waals surface area contributed by atoms with Crippen molar-refractivity contribution in [1.82, 2.24) is 5.32 Å². The second-order valence-electron chi connectivity index (χ2n) is 4.36. The third-order valence-electron chi connectivity index (χ3n) is 2.83. The van der Waals surface area contributed by atoms with E-state index in [2.05, 4.69) is 5.32 Å². The highest BCUT2D eigenvalue weighted by atomic mass is 35.5. The van der Waals surface area contributed by atoms with E-state index in [-0.39, 0.29) is 21.5 Å². The van der Waals surface area contributed by atoms with Gasteiger partial charge in [0.25, 0.3) is 5.91 Å². The van der Waals surface area contributed by atoms with E-state index in [9.17, 15) is 4.79 Å². The highest BCUT2D eigenvalue weighted by molar-refractivity contribution is 6.44. The summed E-state index contributed by atoms with van der Waals surface area (Å²) in [6.45, 7) is 0.313. The van der Waals surface area contributed by atoms with Crippen molar-refractivity contribution in [3.05, 3.63) is 63.1 Å². The van der Waals surface area contributed by atoms with Crippen LogP contribution in [0.25, 0.3) is 0 Å². The Bertz CT molecular complexity index is 721. The minimum atomic E-state index is -0.362. The van der Waals surface area contributed by atoms with E-state index in [0.29, 0.717) is 17.8 Å². The predicted molar refractivity (Wildman–Crippen MR) is 83.2 cm³/mol. The molecule has 0 bridgehead atoms. The number of carbonyl (C=O) groups is 1. The number of nitrogens with zero attached hydrogens (tertiary/aromatic N) is 1. The van der Waals surface area contributed by atoms with Crippen molar-refractivity contribution >= 4 is 34.8 Å². The minimum absolute atomic E-state index is 0.170. The fourth-order valence-electron chi connectivity index (χ4n) is 1.75. The molecule has 0 fully saturated rings. The number of carbonyl (C=O) groups excluding carboxylic acids is 1. The second-order valence-corrected chi connectivity index (χ2v) is 5.14. The lowest BCUT2D eigenvalue weighted by molar-refractivity contribution is 0.0951. The molecule has 2 aromatic rings. The zero-order valence-electron chi connectivity index (χ0n) is 10.9. The quantitative estimate of drug-likeness (QED) is 0.851. The summed E-state index contributed by atoms with van der Waals surface area (Å²) in [5, 5.41) is 11.9. The summed E-state index contributed by atoms with van der Waals surface area (Å²) in [5.41, 5.74) is 7.69. The molecule has 1 amide bonds. The fourth-order valence-corrected chi connectivity index (χ4v) is 2.17. The molecule has 4 nitrogen and oxygen atoms in total. The molecule has 0 heterocycles. The maximum absolute atomic E-state index is 12.1. The number of nitrogens with one attached hydrogen (secondary N) is 1. The largest absolute Gasteiger partial charge is 0.399 e. The molecule has 3 N–H and O–H groups in total. The number of hydrogen-bond acceptors (Lipinski definition) is 3. The van der Waals surface area contributed by atoms with E-state index in [1.54, 1.807) is 24.3 Å². The van der Waals surface area contributed by atoms with Gasteiger partial charge in [-0.1, -0.05) is 35.3 Å². The number of benzene rings is 2. The highest BCUT2D eigenvalue weighted by Crippen LogP contribution is 2.28. The van der Waals surface area contributed by atoms with Crippen LogP contribution < -0.4 is 11.1 Å². The Hall–Kier alpha value is -2.22. The summed E-state index contributed by atoms with van der Waals surface area (Å²) in [6, 6.07) is 11.9. The summed E-state index contributed by atoms with van der Waals surface area (Å²) in [5.74, 6) is -0.362. The van der Waals surface area contributed by atoms with Crippen LogP contribution in [0.1, 0.15) is 21.5 Å². The number of nitrogens with two attached hydrogens (primary N) is 1. The first kappa shape index (κ1) is 15.2. The van der Waals surface area contributed by atoms with Crippen LogP contribution in [0.3, 0.4) is 0 Å². The first-order valence-electron chi connectivity index (χ1n) is 6.03. The van der Waals surface area contributed by atoms with Gasteiger partial charge < -0.3 is 11.1 Å². The fraction of sp³-hybridized carbons (Fsp3) is 0.0667. The molecule has 0 atom stereocenters. The number of nitrogen functional groups attached to an aromatic ring is 1. The lowest BCUT2D eigenvalue weighted by Gasteiger charge is -2.09. The predicted octanol–water partition coefficient (Wildman–Crippen LogP) is 3.38. The molecule has 0 saturated carbocycles. The van der Waals surface area contributed by atoms with Crippen molar-refractivity contribution in [3.8, 4) is 6.07 Å². The molecule has 0 aliphatic carbocycles. The Balaban J connectivity index is 2.10. The molecule has 0 spiro atoms. The second kappa shape index (κ2) is 6.49. The minimum Gasteiger partial charge on any atom is -0.399 e. The number of rotatable bonds is 3. The van der Waals surface area contributed by atoms with Gasteiger partial charge in [0.15, 0.2) is 0 Å². The molecule has 0 aliphatic heterocycles. The summed E-state index contributed by atoms with van der Waals surface area (Å²) in [6.07, 6.45) is 0. The molecule has 0 aromatic heterocycles. The molecular formula is C15H11Cl2N3O. The van der Waals surface area contributed by atoms with Gasteiger partial charge in [-0.25, -0.2) is 0 Å². The van der Waals surface area contributed by atoms with Crippen LogP contribution in [0, 0.1) is 11.3 Å². The summed E-state index contributed by atoms with van der Waals surface area (Å²) in [4.78, 5) is 12.1. The normalized spacial score (nSPS) is 9.95. The topological polar surface area (TPSA) is 78.9 Å². The third kappa shape index (κ3) is 3.66. The Kier molecular flexibility index (Phi) is 4.69. The molecule has 2 aromatic carbocycles. The van der Waals surface area contributed by atoms with Gasteiger partial charge >= 0.3 is 0 Å². The van der Waals surface area contributed by atoms with Crippen LogP contribution in [-0.2, 0) is 6.54 Å². The summed E-state index contributed by atoms with van der Waals surface area (Å²) >= 11 is 11.9. The Morgan fingerprint density at radius 3 is 2.52 bits per heavy atom. The first-order chi connectivity index (χ1) is 10.0. The Morgan fingerprint density at radius 1 is 1.24 bits per heavy atom. The van der Waals surface area contributed by atoms with E-state index in [1.807, 2.05) is 6.07 Å².